The third-order valence-corrected chi connectivity index (χ3v) is 2.76. The molecule has 0 radical (unpaired) electrons. The molecule has 0 aliphatic carbocycles. The van der Waals surface area contributed by atoms with Crippen molar-refractivity contribution in [1.82, 2.24) is 0 Å². The molecule has 2 heteroatoms. The van der Waals surface area contributed by atoms with Gasteiger partial charge in [0.1, 0.15) is 0 Å². The van der Waals surface area contributed by atoms with Gasteiger partial charge in [-0.1, -0.05) is 18.2 Å². The molecule has 14 heavy (non-hydrogen) atoms. The Labute approximate surface area is 85.8 Å². The van der Waals surface area contributed by atoms with Crippen LogP contribution >= 0.6 is 0 Å². The van der Waals surface area contributed by atoms with Crippen LogP contribution in [0.4, 0.5) is 0 Å². The van der Waals surface area contributed by atoms with Crippen LogP contribution in [0.25, 0.3) is 0 Å². The van der Waals surface area contributed by atoms with E-state index in [0.717, 1.165) is 6.42 Å². The first kappa shape index (κ1) is 11.2. The second-order valence-corrected chi connectivity index (χ2v) is 3.79. The first-order valence-electron chi connectivity index (χ1n) is 5.07. The predicted molar refractivity (Wildman–Crippen MR) is 59.4 cm³/mol. The molecular formula is C12H19NO. The van der Waals surface area contributed by atoms with Crippen LogP contribution in [0.15, 0.2) is 18.2 Å². The minimum Gasteiger partial charge on any atom is -0.396 e. The summed E-state index contributed by atoms with van der Waals surface area (Å²) in [6.07, 6.45) is 0.749. The number of hydrogen-bond donors (Lipinski definition) is 2. The van der Waals surface area contributed by atoms with E-state index in [9.17, 15) is 0 Å². The van der Waals surface area contributed by atoms with Crippen molar-refractivity contribution in [2.24, 2.45) is 5.73 Å². The fourth-order valence-corrected chi connectivity index (χ4v) is 1.59. The minimum atomic E-state index is 0.203. The third-order valence-electron chi connectivity index (χ3n) is 2.76. The maximum atomic E-state index is 8.90. The molecule has 0 aromatic heterocycles. The number of aliphatic hydroxyl groups is 1. The Morgan fingerprint density at radius 1 is 1.29 bits per heavy atom. The molecular weight excluding hydrogens is 174 g/mol. The van der Waals surface area contributed by atoms with E-state index in [1.807, 2.05) is 0 Å². The Bertz CT molecular complexity index is 296. The molecule has 3 N–H and O–H groups in total. The van der Waals surface area contributed by atoms with E-state index in [0.29, 0.717) is 12.5 Å². The summed E-state index contributed by atoms with van der Waals surface area (Å²) in [5, 5.41) is 8.90. The van der Waals surface area contributed by atoms with Crippen LogP contribution in [-0.4, -0.2) is 18.3 Å². The van der Waals surface area contributed by atoms with Crippen molar-refractivity contribution in [3.8, 4) is 0 Å². The summed E-state index contributed by atoms with van der Waals surface area (Å²) in [5.41, 5.74) is 9.50. The zero-order valence-electron chi connectivity index (χ0n) is 8.96. The summed E-state index contributed by atoms with van der Waals surface area (Å²) in [6.45, 7) is 5.01. The van der Waals surface area contributed by atoms with Gasteiger partial charge in [-0.15, -0.1) is 0 Å². The van der Waals surface area contributed by atoms with E-state index in [1.54, 1.807) is 0 Å². The fraction of sp³-hybridized carbons (Fsp3) is 0.500. The third kappa shape index (κ3) is 2.56. The van der Waals surface area contributed by atoms with Gasteiger partial charge in [-0.25, -0.2) is 0 Å². The molecule has 1 rings (SSSR count). The van der Waals surface area contributed by atoms with E-state index in [4.69, 9.17) is 10.8 Å². The molecule has 0 fully saturated rings. The van der Waals surface area contributed by atoms with Gasteiger partial charge in [0.2, 0.25) is 0 Å². The molecule has 0 saturated heterocycles. The van der Waals surface area contributed by atoms with Crippen LogP contribution in [-0.2, 0) is 0 Å². The number of aliphatic hydroxyl groups excluding tert-OH is 1. The summed E-state index contributed by atoms with van der Waals surface area (Å²) in [6, 6.07) is 6.39. The average molecular weight is 193 g/mol. The van der Waals surface area contributed by atoms with Gasteiger partial charge in [0.15, 0.2) is 0 Å². The summed E-state index contributed by atoms with van der Waals surface area (Å²) < 4.78 is 0. The van der Waals surface area contributed by atoms with Crippen molar-refractivity contribution in [2.75, 3.05) is 13.2 Å². The van der Waals surface area contributed by atoms with Crippen LogP contribution in [0.5, 0.6) is 0 Å². The fourth-order valence-electron chi connectivity index (χ4n) is 1.59. The Morgan fingerprint density at radius 2 is 2.00 bits per heavy atom. The maximum absolute atomic E-state index is 8.90. The van der Waals surface area contributed by atoms with Crippen LogP contribution in [0.2, 0.25) is 0 Å². The quantitative estimate of drug-likeness (QED) is 0.765. The average Bonchev–Trinajstić information content (AvgIpc) is 2.19. The van der Waals surface area contributed by atoms with Gasteiger partial charge in [0, 0.05) is 6.61 Å². The van der Waals surface area contributed by atoms with Gasteiger partial charge >= 0.3 is 0 Å². The molecule has 0 saturated carbocycles. The minimum absolute atomic E-state index is 0.203. The van der Waals surface area contributed by atoms with Crippen molar-refractivity contribution < 1.29 is 5.11 Å². The van der Waals surface area contributed by atoms with Gasteiger partial charge in [0.05, 0.1) is 0 Å². The standard InChI is InChI=1S/C12H19NO/c1-9-3-4-11(7-10(9)2)12(8-13)5-6-14/h3-4,7,12,14H,5-6,8,13H2,1-2H3. The van der Waals surface area contributed by atoms with Crippen molar-refractivity contribution in [1.29, 1.82) is 0 Å². The van der Waals surface area contributed by atoms with Crippen molar-refractivity contribution in [3.63, 3.8) is 0 Å². The van der Waals surface area contributed by atoms with Crippen molar-refractivity contribution >= 4 is 0 Å². The molecule has 1 aromatic rings. The molecule has 0 spiro atoms. The van der Waals surface area contributed by atoms with Crippen LogP contribution in [0.3, 0.4) is 0 Å². The number of aryl methyl sites for hydroxylation is 2. The highest BCUT2D eigenvalue weighted by Crippen LogP contribution is 2.20. The summed E-state index contributed by atoms with van der Waals surface area (Å²) in [7, 11) is 0. The molecule has 78 valence electrons. The second kappa shape index (κ2) is 5.13. The van der Waals surface area contributed by atoms with Crippen LogP contribution in [0, 0.1) is 13.8 Å². The SMILES string of the molecule is Cc1ccc(C(CN)CCO)cc1C. The number of nitrogens with two attached hydrogens (primary N) is 1. The highest BCUT2D eigenvalue weighted by molar-refractivity contribution is 5.32. The lowest BCUT2D eigenvalue weighted by Gasteiger charge is -2.15. The normalized spacial score (nSPS) is 12.9. The van der Waals surface area contributed by atoms with Crippen molar-refractivity contribution in [2.45, 2.75) is 26.2 Å². The molecule has 0 heterocycles. The monoisotopic (exact) mass is 193 g/mol. The number of hydrogen-bond acceptors (Lipinski definition) is 2. The molecule has 0 aliphatic rings. The molecule has 0 bridgehead atoms. The van der Waals surface area contributed by atoms with Gasteiger partial charge in [-0.3, -0.25) is 0 Å². The van der Waals surface area contributed by atoms with E-state index >= 15 is 0 Å². The van der Waals surface area contributed by atoms with Crippen LogP contribution < -0.4 is 5.73 Å². The largest absolute Gasteiger partial charge is 0.396 e. The van der Waals surface area contributed by atoms with E-state index in [2.05, 4.69) is 32.0 Å². The molecule has 0 amide bonds. The Kier molecular flexibility index (Phi) is 4.11. The molecule has 1 unspecified atom stereocenters. The first-order valence-corrected chi connectivity index (χ1v) is 5.07. The van der Waals surface area contributed by atoms with E-state index in [-0.39, 0.29) is 6.61 Å². The van der Waals surface area contributed by atoms with Gasteiger partial charge in [0.25, 0.3) is 0 Å². The van der Waals surface area contributed by atoms with E-state index in [1.165, 1.54) is 16.7 Å². The number of benzene rings is 1. The number of rotatable bonds is 4. The van der Waals surface area contributed by atoms with Gasteiger partial charge in [-0.05, 0) is 49.4 Å². The second-order valence-electron chi connectivity index (χ2n) is 3.79. The summed E-state index contributed by atoms with van der Waals surface area (Å²) >= 11 is 0. The summed E-state index contributed by atoms with van der Waals surface area (Å²) in [5.74, 6) is 0.291. The molecule has 0 aliphatic heterocycles. The lowest BCUT2D eigenvalue weighted by atomic mass is 9.93. The Balaban J connectivity index is 2.88. The zero-order chi connectivity index (χ0) is 10.6. The molecule has 2 nitrogen and oxygen atoms in total. The first-order chi connectivity index (χ1) is 6.69. The lowest BCUT2D eigenvalue weighted by molar-refractivity contribution is 0.276. The molecule has 1 aromatic carbocycles. The predicted octanol–water partition coefficient (Wildman–Crippen LogP) is 1.73. The Morgan fingerprint density at radius 3 is 2.50 bits per heavy atom. The van der Waals surface area contributed by atoms with Crippen molar-refractivity contribution in [3.05, 3.63) is 34.9 Å². The lowest BCUT2D eigenvalue weighted by Crippen LogP contribution is -2.14. The zero-order valence-corrected chi connectivity index (χ0v) is 8.96. The summed E-state index contributed by atoms with van der Waals surface area (Å²) in [4.78, 5) is 0. The topological polar surface area (TPSA) is 46.2 Å². The smallest absolute Gasteiger partial charge is 0.0437 e. The van der Waals surface area contributed by atoms with Crippen LogP contribution in [0.1, 0.15) is 29.0 Å². The van der Waals surface area contributed by atoms with E-state index < -0.39 is 0 Å². The highest BCUT2D eigenvalue weighted by Gasteiger charge is 2.09. The Hall–Kier alpha value is -0.860. The maximum Gasteiger partial charge on any atom is 0.0437 e. The highest BCUT2D eigenvalue weighted by atomic mass is 16.3. The van der Waals surface area contributed by atoms with Gasteiger partial charge < -0.3 is 10.8 Å². The molecule has 1 atom stereocenters. The van der Waals surface area contributed by atoms with Gasteiger partial charge in [-0.2, -0.15) is 0 Å².